The zero-order chi connectivity index (χ0) is 27.5. The van der Waals surface area contributed by atoms with Crippen LogP contribution in [0, 0.1) is 5.92 Å². The molecule has 0 aromatic heterocycles. The molecule has 2 N–H and O–H groups in total. The fraction of sp³-hybridized carbons (Fsp3) is 0.240. The Morgan fingerprint density at radius 3 is 2.18 bits per heavy atom. The molecular weight excluding hydrogens is 637 g/mol. The second kappa shape index (κ2) is 11.9. The van der Waals surface area contributed by atoms with Gasteiger partial charge >= 0.3 is 0 Å². The largest absolute Gasteiger partial charge is 0.326 e. The molecule has 1 aliphatic heterocycles. The Morgan fingerprint density at radius 1 is 0.921 bits per heavy atom. The van der Waals surface area contributed by atoms with Gasteiger partial charge in [0.1, 0.15) is 0 Å². The van der Waals surface area contributed by atoms with Gasteiger partial charge in [-0.3, -0.25) is 9.52 Å². The van der Waals surface area contributed by atoms with Gasteiger partial charge < -0.3 is 5.32 Å². The van der Waals surface area contributed by atoms with Gasteiger partial charge in [-0.15, -0.1) is 0 Å². The summed E-state index contributed by atoms with van der Waals surface area (Å²) >= 11 is 15.4. The lowest BCUT2D eigenvalue weighted by Gasteiger charge is -2.30. The van der Waals surface area contributed by atoms with E-state index in [1.807, 2.05) is 0 Å². The van der Waals surface area contributed by atoms with Gasteiger partial charge in [0, 0.05) is 29.2 Å². The minimum absolute atomic E-state index is 0.0178. The number of amides is 1. The highest BCUT2D eigenvalue weighted by Crippen LogP contribution is 2.31. The second-order valence-electron chi connectivity index (χ2n) is 8.78. The van der Waals surface area contributed by atoms with Crippen molar-refractivity contribution in [2.75, 3.05) is 23.1 Å². The molecule has 38 heavy (non-hydrogen) atoms. The first kappa shape index (κ1) is 28.8. The van der Waals surface area contributed by atoms with Crippen molar-refractivity contribution in [1.82, 2.24) is 4.31 Å². The van der Waals surface area contributed by atoms with Gasteiger partial charge in [0.05, 0.1) is 26.4 Å². The Bertz CT molecular complexity index is 1530. The molecule has 202 valence electrons. The molecule has 0 aliphatic carbocycles. The molecule has 1 heterocycles. The number of hydrogen-bond donors (Lipinski definition) is 2. The molecule has 1 saturated heterocycles. The molecule has 0 bridgehead atoms. The van der Waals surface area contributed by atoms with Crippen LogP contribution in [-0.4, -0.2) is 40.1 Å². The summed E-state index contributed by atoms with van der Waals surface area (Å²) in [6.07, 6.45) is 0.782. The van der Waals surface area contributed by atoms with Crippen molar-refractivity contribution in [3.63, 3.8) is 0 Å². The first-order valence-electron chi connectivity index (χ1n) is 11.5. The smallest absolute Gasteiger partial charge is 0.261 e. The monoisotopic (exact) mass is 659 g/mol. The number of hydrogen-bond acceptors (Lipinski definition) is 5. The van der Waals surface area contributed by atoms with E-state index in [9.17, 15) is 21.6 Å². The van der Waals surface area contributed by atoms with Gasteiger partial charge in [-0.1, -0.05) is 57.3 Å². The van der Waals surface area contributed by atoms with E-state index in [2.05, 4.69) is 26.0 Å². The van der Waals surface area contributed by atoms with Gasteiger partial charge in [0.15, 0.2) is 0 Å². The van der Waals surface area contributed by atoms with Gasteiger partial charge in [-0.2, -0.15) is 0 Å². The molecule has 0 radical (unpaired) electrons. The van der Waals surface area contributed by atoms with Crippen molar-refractivity contribution in [2.45, 2.75) is 23.5 Å². The molecule has 0 spiro atoms. The van der Waals surface area contributed by atoms with Crippen molar-refractivity contribution in [3.8, 4) is 0 Å². The fourth-order valence-electron chi connectivity index (χ4n) is 4.03. The van der Waals surface area contributed by atoms with Crippen LogP contribution >= 0.6 is 39.1 Å². The predicted octanol–water partition coefficient (Wildman–Crippen LogP) is 5.74. The molecule has 1 aliphatic rings. The van der Waals surface area contributed by atoms with Gasteiger partial charge in [-0.05, 0) is 66.9 Å². The van der Waals surface area contributed by atoms with Crippen molar-refractivity contribution in [1.29, 1.82) is 0 Å². The molecule has 8 nitrogen and oxygen atoms in total. The first-order chi connectivity index (χ1) is 17.9. The van der Waals surface area contributed by atoms with E-state index < -0.39 is 20.0 Å². The quantitative estimate of drug-likeness (QED) is 0.320. The van der Waals surface area contributed by atoms with Crippen LogP contribution in [-0.2, 0) is 30.6 Å². The molecule has 1 amide bonds. The summed E-state index contributed by atoms with van der Waals surface area (Å²) in [6.45, 7) is 0.512. The lowest BCUT2D eigenvalue weighted by Crippen LogP contribution is -2.41. The summed E-state index contributed by atoms with van der Waals surface area (Å²) in [6, 6.07) is 17.5. The Kier molecular flexibility index (Phi) is 9.06. The van der Waals surface area contributed by atoms with Crippen LogP contribution in [0.2, 0.25) is 10.0 Å². The summed E-state index contributed by atoms with van der Waals surface area (Å²) < 4.78 is 55.8. The van der Waals surface area contributed by atoms with Gasteiger partial charge in [-0.25, -0.2) is 21.1 Å². The number of piperidine rings is 1. The third kappa shape index (κ3) is 7.08. The Hall–Kier alpha value is -2.15. The first-order valence-corrected chi connectivity index (χ1v) is 16.2. The third-order valence-corrected chi connectivity index (χ3v) is 10.7. The average Bonchev–Trinajstić information content (AvgIpc) is 2.88. The summed E-state index contributed by atoms with van der Waals surface area (Å²) in [5.74, 6) is -0.691. The summed E-state index contributed by atoms with van der Waals surface area (Å²) in [5.41, 5.74) is 1.28. The predicted molar refractivity (Wildman–Crippen MR) is 153 cm³/mol. The topological polar surface area (TPSA) is 113 Å². The normalized spacial score (nSPS) is 15.2. The summed E-state index contributed by atoms with van der Waals surface area (Å²) in [4.78, 5) is 12.8. The molecule has 0 unspecified atom stereocenters. The highest BCUT2D eigenvalue weighted by molar-refractivity contribution is 9.10. The van der Waals surface area contributed by atoms with E-state index in [0.717, 1.165) is 4.47 Å². The van der Waals surface area contributed by atoms with E-state index in [4.69, 9.17) is 23.2 Å². The van der Waals surface area contributed by atoms with Crippen molar-refractivity contribution < 1.29 is 21.6 Å². The SMILES string of the molecule is O=C(Nc1ccc(S(=O)(=O)Nc2cccc(Cl)c2Cl)cc1)C1CCN(S(=O)(=O)Cc2ccc(Br)cc2)CC1. The maximum atomic E-state index is 12.8. The van der Waals surface area contributed by atoms with Crippen molar-refractivity contribution in [3.05, 3.63) is 86.8 Å². The lowest BCUT2D eigenvalue weighted by atomic mass is 9.97. The van der Waals surface area contributed by atoms with E-state index in [1.54, 1.807) is 36.4 Å². The molecule has 3 aromatic rings. The number of halogens is 3. The zero-order valence-electron chi connectivity index (χ0n) is 19.9. The number of carbonyl (C=O) groups excluding carboxylic acids is 1. The number of benzene rings is 3. The Labute approximate surface area is 240 Å². The number of nitrogens with one attached hydrogen (secondary N) is 2. The van der Waals surface area contributed by atoms with Crippen LogP contribution in [0.1, 0.15) is 18.4 Å². The summed E-state index contributed by atoms with van der Waals surface area (Å²) in [5, 5.41) is 3.10. The highest BCUT2D eigenvalue weighted by Gasteiger charge is 2.31. The number of nitrogens with zero attached hydrogens (tertiary/aromatic N) is 1. The Balaban J connectivity index is 1.32. The van der Waals surface area contributed by atoms with Crippen molar-refractivity contribution >= 4 is 76.5 Å². The van der Waals surface area contributed by atoms with E-state index >= 15 is 0 Å². The average molecular weight is 661 g/mol. The molecule has 13 heteroatoms. The molecule has 0 saturated carbocycles. The van der Waals surface area contributed by atoms with Crippen molar-refractivity contribution in [2.24, 2.45) is 5.92 Å². The van der Waals surface area contributed by atoms with Crippen LogP contribution < -0.4 is 10.0 Å². The van der Waals surface area contributed by atoms with Gasteiger partial charge in [0.2, 0.25) is 15.9 Å². The molecular formula is C25H24BrCl2N3O5S2. The molecule has 0 atom stereocenters. The lowest BCUT2D eigenvalue weighted by molar-refractivity contribution is -0.120. The molecule has 4 rings (SSSR count). The minimum atomic E-state index is -3.93. The number of carbonyl (C=O) groups is 1. The highest BCUT2D eigenvalue weighted by atomic mass is 79.9. The van der Waals surface area contributed by atoms with Crippen LogP contribution in [0.25, 0.3) is 0 Å². The minimum Gasteiger partial charge on any atom is -0.326 e. The maximum absolute atomic E-state index is 12.8. The number of anilines is 2. The number of rotatable bonds is 8. The van der Waals surface area contributed by atoms with Crippen LogP contribution in [0.5, 0.6) is 0 Å². The fourth-order valence-corrected chi connectivity index (χ4v) is 7.33. The summed E-state index contributed by atoms with van der Waals surface area (Å²) in [7, 11) is -7.43. The van der Waals surface area contributed by atoms with Crippen LogP contribution in [0.4, 0.5) is 11.4 Å². The Morgan fingerprint density at radius 2 is 1.55 bits per heavy atom. The van der Waals surface area contributed by atoms with Crippen LogP contribution in [0.15, 0.2) is 76.1 Å². The maximum Gasteiger partial charge on any atom is 0.261 e. The van der Waals surface area contributed by atoms with E-state index in [1.165, 1.54) is 34.6 Å². The van der Waals surface area contributed by atoms with E-state index in [-0.39, 0.29) is 51.3 Å². The molecule has 1 fully saturated rings. The standard InChI is InChI=1S/C25H24BrCl2N3O5S2/c26-19-6-4-17(5-7-19)16-37(33,34)31-14-12-18(13-15-31)25(32)29-20-8-10-21(11-9-20)38(35,36)30-23-3-1-2-22(27)24(23)28/h1-11,18,30H,12-16H2,(H,29,32). The second-order valence-corrected chi connectivity index (χ2v) is 14.1. The number of sulfonamides is 2. The van der Waals surface area contributed by atoms with E-state index in [0.29, 0.717) is 24.1 Å². The third-order valence-electron chi connectivity index (χ3n) is 6.11. The zero-order valence-corrected chi connectivity index (χ0v) is 24.6. The van der Waals surface area contributed by atoms with Gasteiger partial charge in [0.25, 0.3) is 10.0 Å². The van der Waals surface area contributed by atoms with Crippen LogP contribution in [0.3, 0.4) is 0 Å². The molecule has 3 aromatic carbocycles.